The third-order valence-corrected chi connectivity index (χ3v) is 12.9. The molecule has 0 heterocycles. The maximum atomic E-state index is 14.8. The van der Waals surface area contributed by atoms with Gasteiger partial charge in [0.25, 0.3) is 0 Å². The second kappa shape index (κ2) is 0.874. The van der Waals surface area contributed by atoms with Gasteiger partial charge in [0.2, 0.25) is 0 Å². The van der Waals surface area contributed by atoms with Crippen LogP contribution in [0.5, 0.6) is 0 Å². The van der Waals surface area contributed by atoms with Crippen molar-refractivity contribution in [3.8, 4) is 0 Å². The molecular formula is C13H29OTi. The first kappa shape index (κ1) is 13.1. The number of rotatable bonds is 1. The van der Waals surface area contributed by atoms with Crippen LogP contribution in [-0.2, 0) is 12.2 Å². The summed E-state index contributed by atoms with van der Waals surface area (Å²) in [5.41, 5.74) is 0. The minimum absolute atomic E-state index is 0.0870. The average Bonchev–Trinajstić information content (AvgIpc) is 1.94. The van der Waals surface area contributed by atoms with Gasteiger partial charge in [-0.2, -0.15) is 0 Å². The van der Waals surface area contributed by atoms with Gasteiger partial charge >= 0.3 is 82.5 Å². The molecule has 0 N–H and O–H groups in total. The zero-order chi connectivity index (χ0) is 12.7. The van der Waals surface area contributed by atoms with Crippen LogP contribution in [0.2, 0.25) is 46.1 Å². The van der Waals surface area contributed by atoms with Crippen molar-refractivity contribution < 1.29 is 12.2 Å². The van der Waals surface area contributed by atoms with Crippen molar-refractivity contribution in [1.82, 2.24) is 0 Å². The van der Waals surface area contributed by atoms with Gasteiger partial charge in [0, 0.05) is 0 Å². The Balaban J connectivity index is 4.35. The predicted octanol–water partition coefficient (Wildman–Crippen LogP) is 6.00. The second-order valence-electron chi connectivity index (χ2n) is 19.4. The third kappa shape index (κ3) is 3.22. The summed E-state index contributed by atoms with van der Waals surface area (Å²) in [5.74, 6) is 0. The Kier molecular flexibility index (Phi) is 0.761. The summed E-state index contributed by atoms with van der Waals surface area (Å²) in [6.45, 7) is 0. The van der Waals surface area contributed by atoms with Crippen molar-refractivity contribution in [2.45, 2.75) is 46.1 Å². The molecule has 1 aliphatic carbocycles. The molecule has 0 aromatic heterocycles. The van der Waals surface area contributed by atoms with Gasteiger partial charge in [-0.05, 0) is 0 Å². The monoisotopic (exact) mass is 249 g/mol. The van der Waals surface area contributed by atoms with Crippen LogP contribution in [0.15, 0.2) is 24.3 Å². The Labute approximate surface area is 82.5 Å². The van der Waals surface area contributed by atoms with Crippen molar-refractivity contribution in [3.05, 3.63) is 24.3 Å². The van der Waals surface area contributed by atoms with E-state index in [1.54, 1.807) is 0 Å². The van der Waals surface area contributed by atoms with Gasteiger partial charge in [-0.1, -0.05) is 0 Å². The summed E-state index contributed by atoms with van der Waals surface area (Å²) < 4.78 is 14.7. The van der Waals surface area contributed by atoms with Crippen LogP contribution in [-0.4, -0.2) is 0 Å². The summed E-state index contributed by atoms with van der Waals surface area (Å²) in [7, 11) is -6.01. The molecule has 0 fully saturated rings. The van der Waals surface area contributed by atoms with Gasteiger partial charge in [0.05, 0.1) is 0 Å². The number of allylic oxidation sites excluding steroid dienone is 4. The fourth-order valence-electron chi connectivity index (χ4n) is 2.05. The summed E-state index contributed by atoms with van der Waals surface area (Å²) >= 11 is 0. The summed E-state index contributed by atoms with van der Waals surface area (Å²) in [6, 6.07) is 0. The van der Waals surface area contributed by atoms with Crippen LogP contribution in [0.1, 0.15) is 0 Å². The Morgan fingerprint density at radius 1 is 0.733 bits per heavy atom. The molecule has 2 heteroatoms. The molecule has 0 aromatic rings. The molecule has 0 atom stereocenters. The molecule has 0 radical (unpaired) electrons. The van der Waals surface area contributed by atoms with Gasteiger partial charge in [-0.3, -0.25) is 0 Å². The summed E-state index contributed by atoms with van der Waals surface area (Å²) in [5, 5.41) is 15.7. The van der Waals surface area contributed by atoms with E-state index in [1.807, 2.05) is 54.0 Å². The zero-order valence-corrected chi connectivity index (χ0v) is 13.4. The molecule has 0 aliphatic heterocycles. The normalized spacial score (nSPS) is 36.3. The van der Waals surface area contributed by atoms with Gasteiger partial charge in [0.15, 0.2) is 0 Å². The SMILES string of the molecule is [CH3][Ti]([CH3])([CH3])([CH3])([CH3])([CH3])([CH3])([CH3])(=[O])[CH]1C=CC=C1. The Morgan fingerprint density at radius 3 is 1.13 bits per heavy atom. The van der Waals surface area contributed by atoms with Crippen LogP contribution < -0.4 is 0 Å². The molecule has 1 nitrogen and oxygen atoms in total. The average molecular weight is 249 g/mol. The summed E-state index contributed by atoms with van der Waals surface area (Å²) in [6.07, 6.45) is 8.08. The Morgan fingerprint density at radius 2 is 1.00 bits per heavy atom. The van der Waals surface area contributed by atoms with Crippen molar-refractivity contribution in [3.63, 3.8) is 0 Å². The molecule has 0 bridgehead atoms. The second-order valence-corrected chi connectivity index (χ2v) is 76.8. The Hall–Kier alpha value is -0.00571. The van der Waals surface area contributed by atoms with Crippen molar-refractivity contribution in [2.24, 2.45) is 0 Å². The van der Waals surface area contributed by atoms with Crippen molar-refractivity contribution in [2.75, 3.05) is 0 Å². The third-order valence-electron chi connectivity index (χ3n) is 3.55. The predicted molar refractivity (Wildman–Crippen MR) is 69.6 cm³/mol. The Bertz CT molecular complexity index is 594. The fraction of sp³-hybridized carbons (Fsp3) is 0.692. The van der Waals surface area contributed by atoms with Crippen LogP contribution in [0.25, 0.3) is 0 Å². The summed E-state index contributed by atoms with van der Waals surface area (Å²) in [4.78, 5) is 0. The van der Waals surface area contributed by atoms with E-state index < -0.39 is 8.86 Å². The first-order chi connectivity index (χ1) is 5.35. The molecule has 1 aliphatic rings. The van der Waals surface area contributed by atoms with E-state index in [1.165, 1.54) is 0 Å². The van der Waals surface area contributed by atoms with Crippen molar-refractivity contribution >= 4 is 0 Å². The van der Waals surface area contributed by atoms with Crippen LogP contribution in [0.3, 0.4) is 0 Å². The number of hydrogen-bond acceptors (Lipinski definition) is 1. The van der Waals surface area contributed by atoms with Crippen molar-refractivity contribution in [1.29, 1.82) is 0 Å². The minimum atomic E-state index is -6.01. The molecule has 0 spiro atoms. The standard InChI is InChI=1S/C5H5.8CH3.O.Ti/c1-2-4-5-3-1;;;;;;;;;;/h1-5H;8*1H3;;. The van der Waals surface area contributed by atoms with E-state index >= 15 is 0 Å². The van der Waals surface area contributed by atoms with Crippen LogP contribution in [0.4, 0.5) is 0 Å². The van der Waals surface area contributed by atoms with E-state index in [2.05, 4.69) is 12.2 Å². The van der Waals surface area contributed by atoms with Gasteiger partial charge in [-0.15, -0.1) is 0 Å². The molecule has 0 saturated carbocycles. The molecule has 0 aromatic carbocycles. The maximum absolute atomic E-state index is 14.8. The van der Waals surface area contributed by atoms with Gasteiger partial charge in [0.1, 0.15) is 0 Å². The molecule has 1 rings (SSSR count). The molecule has 0 saturated heterocycles. The van der Waals surface area contributed by atoms with E-state index in [4.69, 9.17) is 0 Å². The molecular weight excluding hydrogens is 220 g/mol. The van der Waals surface area contributed by atoms with E-state index in [0.717, 1.165) is 0 Å². The molecule has 91 valence electrons. The first-order valence-electron chi connectivity index (χ1n) is 6.16. The molecule has 0 unspecified atom stereocenters. The van der Waals surface area contributed by atoms with Crippen LogP contribution in [0, 0.1) is 0 Å². The first-order valence-corrected chi connectivity index (χ1v) is 20.2. The fourth-order valence-corrected chi connectivity index (χ4v) is 7.45. The topological polar surface area (TPSA) is 17.1 Å². The van der Waals surface area contributed by atoms with Gasteiger partial charge < -0.3 is 0 Å². The molecule has 0 amide bonds. The molecule has 15 heavy (non-hydrogen) atoms. The quantitative estimate of drug-likeness (QED) is 0.521. The van der Waals surface area contributed by atoms with Gasteiger partial charge in [-0.25, -0.2) is 0 Å². The van der Waals surface area contributed by atoms with E-state index in [0.29, 0.717) is 0 Å². The van der Waals surface area contributed by atoms with E-state index in [-0.39, 0.29) is 4.22 Å². The van der Waals surface area contributed by atoms with Crippen LogP contribution >= 0.6 is 0 Å². The zero-order valence-electron chi connectivity index (χ0n) is 11.8. The number of hydrogen-bond donors (Lipinski definition) is 0. The van der Waals surface area contributed by atoms with E-state index in [9.17, 15) is 3.32 Å².